The molecule has 412 valence electrons. The monoisotopic (exact) mass is 1080 g/mol. The smallest absolute Gasteiger partial charge is 0.397 e. The standard InChI is InChI=1S/C38H64N2O29S2/c1-15-16(2)24(10-59-9-23-30(40-20(6)42)38(48)65-28(33(23)67-69-50)14-61-71(54,55)56)63-34(36(44)45)21(15)7-57-12-26-29(39-19(5)41)22(32(66-68-49)27(62-26)13-60-70(51,52)53)8-58-11-25-17(3)18(4)31(43)35(64-25)37(46)47/h15-18,21-35,38,43,48-50H,7-14H2,1-6H3,(H,39,41)(H,40,42)(H,44,45)(H,46,47)(H,51,52,53)(H,54,55,56). The highest BCUT2D eigenvalue weighted by atomic mass is 32.3. The van der Waals surface area contributed by atoms with E-state index in [0.717, 1.165) is 13.8 Å². The summed E-state index contributed by atoms with van der Waals surface area (Å²) in [5, 5.41) is 72.6. The lowest BCUT2D eigenvalue weighted by Crippen LogP contribution is -2.64. The molecule has 4 fully saturated rings. The van der Waals surface area contributed by atoms with Crippen molar-refractivity contribution in [3.8, 4) is 0 Å². The molecule has 0 spiro atoms. The first kappa shape index (κ1) is 60.6. The van der Waals surface area contributed by atoms with Gasteiger partial charge in [0, 0.05) is 31.6 Å². The van der Waals surface area contributed by atoms with Crippen molar-refractivity contribution < 1.29 is 137 Å². The van der Waals surface area contributed by atoms with Crippen LogP contribution in [0.1, 0.15) is 41.5 Å². The quantitative estimate of drug-likeness (QED) is 0.0238. The summed E-state index contributed by atoms with van der Waals surface area (Å²) in [6.07, 6.45) is -15.5. The minimum absolute atomic E-state index is 0.272. The number of carbonyl (C=O) groups excluding carboxylic acids is 2. The van der Waals surface area contributed by atoms with E-state index in [4.69, 9.17) is 52.7 Å². The summed E-state index contributed by atoms with van der Waals surface area (Å²) >= 11 is 0. The first-order valence-corrected chi connectivity index (χ1v) is 24.8. The summed E-state index contributed by atoms with van der Waals surface area (Å²) < 4.78 is 114. The van der Waals surface area contributed by atoms with Gasteiger partial charge in [0.15, 0.2) is 18.5 Å². The number of amides is 2. The summed E-state index contributed by atoms with van der Waals surface area (Å²) in [4.78, 5) is 59.2. The van der Waals surface area contributed by atoms with E-state index in [9.17, 15) is 66.2 Å². The number of aliphatic hydroxyl groups excluding tert-OH is 2. The molecule has 4 aliphatic rings. The maximum atomic E-state index is 12.7. The second kappa shape index (κ2) is 27.0. The van der Waals surface area contributed by atoms with Crippen LogP contribution in [0.2, 0.25) is 0 Å². The molecule has 71 heavy (non-hydrogen) atoms. The van der Waals surface area contributed by atoms with Gasteiger partial charge in [-0.3, -0.25) is 18.7 Å². The number of aliphatic carboxylic acids is 2. The first-order valence-electron chi connectivity index (χ1n) is 22.1. The maximum Gasteiger partial charge on any atom is 0.397 e. The van der Waals surface area contributed by atoms with E-state index in [1.54, 1.807) is 27.7 Å². The number of carboxylic acids is 2. The Kier molecular flexibility index (Phi) is 23.0. The highest BCUT2D eigenvalue weighted by molar-refractivity contribution is 7.81. The molecule has 0 aliphatic carbocycles. The predicted molar refractivity (Wildman–Crippen MR) is 225 cm³/mol. The molecule has 0 bridgehead atoms. The number of nitrogens with one attached hydrogen (secondary N) is 2. The van der Waals surface area contributed by atoms with E-state index in [1.807, 2.05) is 0 Å². The zero-order valence-corrected chi connectivity index (χ0v) is 40.8. The van der Waals surface area contributed by atoms with Gasteiger partial charge in [0.05, 0.1) is 83.3 Å². The zero-order chi connectivity index (χ0) is 53.1. The number of carbonyl (C=O) groups is 4. The molecule has 4 heterocycles. The van der Waals surface area contributed by atoms with E-state index < -0.39 is 198 Å². The molecular weight excluding hydrogens is 1010 g/mol. The summed E-state index contributed by atoms with van der Waals surface area (Å²) in [7, 11) is -10.1. The summed E-state index contributed by atoms with van der Waals surface area (Å²) in [5.41, 5.74) is 0. The van der Waals surface area contributed by atoms with Gasteiger partial charge < -0.3 is 64.2 Å². The molecule has 0 aromatic heterocycles. The van der Waals surface area contributed by atoms with Crippen LogP contribution in [0.15, 0.2) is 0 Å². The van der Waals surface area contributed by atoms with Gasteiger partial charge in [-0.2, -0.15) is 26.6 Å². The Labute approximate surface area is 407 Å². The van der Waals surface area contributed by atoms with Crippen molar-refractivity contribution in [2.75, 3.05) is 52.9 Å². The minimum atomic E-state index is -5.10. The van der Waals surface area contributed by atoms with Crippen LogP contribution in [-0.2, 0) is 101 Å². The number of hydrogen-bond acceptors (Lipinski definition) is 25. The van der Waals surface area contributed by atoms with Crippen LogP contribution in [0.3, 0.4) is 0 Å². The van der Waals surface area contributed by atoms with E-state index in [1.165, 1.54) is 0 Å². The van der Waals surface area contributed by atoms with Gasteiger partial charge in [-0.15, -0.1) is 0 Å². The van der Waals surface area contributed by atoms with Crippen molar-refractivity contribution in [2.24, 2.45) is 41.4 Å². The van der Waals surface area contributed by atoms with Crippen LogP contribution in [-0.4, -0.2) is 213 Å². The van der Waals surface area contributed by atoms with Crippen molar-refractivity contribution >= 4 is 44.6 Å². The van der Waals surface area contributed by atoms with Crippen molar-refractivity contribution in [1.82, 2.24) is 10.6 Å². The van der Waals surface area contributed by atoms with Crippen LogP contribution in [0, 0.1) is 41.4 Å². The minimum Gasteiger partial charge on any atom is -0.479 e. The highest BCUT2D eigenvalue weighted by Gasteiger charge is 2.52. The van der Waals surface area contributed by atoms with Gasteiger partial charge in [0.2, 0.25) is 11.8 Å². The molecular formula is C38H64N2O29S2. The average molecular weight is 1080 g/mol. The zero-order valence-electron chi connectivity index (χ0n) is 39.2. The van der Waals surface area contributed by atoms with Crippen molar-refractivity contribution in [2.45, 2.75) is 121 Å². The molecule has 0 saturated carbocycles. The van der Waals surface area contributed by atoms with Gasteiger partial charge in [0.25, 0.3) is 0 Å². The normalized spacial score (nSPS) is 38.0. The topological polar surface area (TPSA) is 442 Å². The lowest BCUT2D eigenvalue weighted by atomic mass is 9.76. The SMILES string of the molecule is CC(=O)NC1C(O)OC(COS(=O)(=O)O)C(OOO)C1COCC1OC(C(=O)O)C(COCC2OC(COS(=O)(=O)O)C(OOO)C(COCC3OC(C(=O)O)C(O)C(C)C3C)C2NC(C)=O)C(C)C1C. The van der Waals surface area contributed by atoms with Crippen LogP contribution in [0.4, 0.5) is 0 Å². The van der Waals surface area contributed by atoms with Gasteiger partial charge in [-0.1, -0.05) is 37.8 Å². The molecule has 4 rings (SSSR count). The van der Waals surface area contributed by atoms with Gasteiger partial charge in [-0.25, -0.2) is 28.5 Å². The molecule has 33 heteroatoms. The van der Waals surface area contributed by atoms with Crippen molar-refractivity contribution in [3.63, 3.8) is 0 Å². The predicted octanol–water partition coefficient (Wildman–Crippen LogP) is -2.79. The van der Waals surface area contributed by atoms with Crippen LogP contribution >= 0.6 is 0 Å². The second-order valence-electron chi connectivity index (χ2n) is 17.8. The third kappa shape index (κ3) is 17.0. The Hall–Kier alpha value is -2.98. The average Bonchev–Trinajstić information content (AvgIpc) is 3.26. The lowest BCUT2D eigenvalue weighted by molar-refractivity contribution is -0.522. The van der Waals surface area contributed by atoms with Gasteiger partial charge >= 0.3 is 32.7 Å². The Morgan fingerprint density at radius 2 is 0.915 bits per heavy atom. The Morgan fingerprint density at radius 1 is 0.507 bits per heavy atom. The summed E-state index contributed by atoms with van der Waals surface area (Å²) in [6, 6.07) is -2.50. The van der Waals surface area contributed by atoms with Gasteiger partial charge in [-0.05, 0) is 23.7 Å². The van der Waals surface area contributed by atoms with E-state index in [0.29, 0.717) is 0 Å². The maximum absolute atomic E-state index is 12.7. The molecule has 2 amide bonds. The fourth-order valence-electron chi connectivity index (χ4n) is 9.27. The third-order valence-corrected chi connectivity index (χ3v) is 14.2. The summed E-state index contributed by atoms with van der Waals surface area (Å²) in [5.74, 6) is -9.28. The molecule has 31 nitrogen and oxygen atoms in total. The number of hydrogen-bond donors (Lipinski definition) is 10. The molecule has 0 aromatic carbocycles. The van der Waals surface area contributed by atoms with Crippen LogP contribution in [0.5, 0.6) is 0 Å². The molecule has 4 saturated heterocycles. The number of aliphatic hydroxyl groups is 2. The molecule has 20 unspecified atom stereocenters. The van der Waals surface area contributed by atoms with Crippen molar-refractivity contribution in [1.29, 1.82) is 0 Å². The Morgan fingerprint density at radius 3 is 1.37 bits per heavy atom. The highest BCUT2D eigenvalue weighted by Crippen LogP contribution is 2.38. The Balaban J connectivity index is 1.51. The third-order valence-electron chi connectivity index (χ3n) is 13.3. The Bertz CT molecular complexity index is 1970. The number of ether oxygens (including phenoxy) is 7. The second-order valence-corrected chi connectivity index (χ2v) is 20.0. The molecule has 0 aromatic rings. The van der Waals surface area contributed by atoms with Gasteiger partial charge in [0.1, 0.15) is 30.5 Å². The summed E-state index contributed by atoms with van der Waals surface area (Å²) in [6.45, 7) is 4.92. The fourth-order valence-corrected chi connectivity index (χ4v) is 9.88. The first-order chi connectivity index (χ1) is 33.2. The largest absolute Gasteiger partial charge is 0.479 e. The van der Waals surface area contributed by atoms with E-state index in [-0.39, 0.29) is 19.8 Å². The molecule has 0 radical (unpaired) electrons. The fraction of sp³-hybridized carbons (Fsp3) is 0.895. The van der Waals surface area contributed by atoms with Crippen molar-refractivity contribution in [3.05, 3.63) is 0 Å². The number of rotatable bonds is 26. The lowest BCUT2D eigenvalue weighted by Gasteiger charge is -2.46. The van der Waals surface area contributed by atoms with Crippen LogP contribution in [0.25, 0.3) is 0 Å². The molecule has 20 atom stereocenters. The molecule has 10 N–H and O–H groups in total. The van der Waals surface area contributed by atoms with E-state index >= 15 is 0 Å². The number of carboxylic acid groups (broad SMARTS) is 2. The molecule has 4 aliphatic heterocycles. The van der Waals surface area contributed by atoms with E-state index in [2.05, 4.69) is 29.1 Å². The van der Waals surface area contributed by atoms with Crippen LogP contribution < -0.4 is 10.6 Å².